The van der Waals surface area contributed by atoms with E-state index in [0.717, 1.165) is 10.9 Å². The van der Waals surface area contributed by atoms with Crippen LogP contribution < -0.4 is 0 Å². The van der Waals surface area contributed by atoms with Crippen molar-refractivity contribution >= 4 is 15.9 Å². The lowest BCUT2D eigenvalue weighted by Gasteiger charge is -1.98. The lowest BCUT2D eigenvalue weighted by atomic mass is 10.1. The van der Waals surface area contributed by atoms with Gasteiger partial charge in [0.15, 0.2) is 5.82 Å². The zero-order chi connectivity index (χ0) is 14.7. The Balaban J connectivity index is 1.79. The van der Waals surface area contributed by atoms with Gasteiger partial charge in [-0.2, -0.15) is 4.98 Å². The maximum Gasteiger partial charge on any atom is 0.257 e. The first-order valence-electron chi connectivity index (χ1n) is 6.78. The first-order chi connectivity index (χ1) is 10.2. The Morgan fingerprint density at radius 2 is 1.86 bits per heavy atom. The largest absolute Gasteiger partial charge is 0.334 e. The van der Waals surface area contributed by atoms with Gasteiger partial charge in [0.25, 0.3) is 5.89 Å². The van der Waals surface area contributed by atoms with Crippen LogP contribution in [-0.2, 0) is 11.8 Å². The Morgan fingerprint density at radius 1 is 1.05 bits per heavy atom. The van der Waals surface area contributed by atoms with Crippen molar-refractivity contribution in [1.29, 1.82) is 0 Å². The number of benzene rings is 2. The summed E-state index contributed by atoms with van der Waals surface area (Å²) in [6.45, 7) is 2.08. The first kappa shape index (κ1) is 14.0. The van der Waals surface area contributed by atoms with Gasteiger partial charge >= 0.3 is 0 Å². The SMILES string of the molecule is Cc1cccc(Cc2noc(-c3ccc(CBr)cc3)n2)c1. The molecule has 0 saturated heterocycles. The number of alkyl halides is 1. The number of aromatic nitrogens is 2. The van der Waals surface area contributed by atoms with Gasteiger partial charge in [-0.05, 0) is 30.2 Å². The molecule has 0 amide bonds. The highest BCUT2D eigenvalue weighted by Crippen LogP contribution is 2.19. The molecular formula is C17H15BrN2O. The minimum Gasteiger partial charge on any atom is -0.334 e. The lowest BCUT2D eigenvalue weighted by Crippen LogP contribution is -1.91. The van der Waals surface area contributed by atoms with Crippen LogP contribution in [-0.4, -0.2) is 10.1 Å². The molecule has 0 aliphatic heterocycles. The second-order valence-corrected chi connectivity index (χ2v) is 5.57. The van der Waals surface area contributed by atoms with E-state index in [2.05, 4.69) is 63.3 Å². The third-order valence-corrected chi connectivity index (χ3v) is 3.92. The van der Waals surface area contributed by atoms with Crippen LogP contribution in [0.3, 0.4) is 0 Å². The molecule has 1 aromatic heterocycles. The van der Waals surface area contributed by atoms with Gasteiger partial charge in [0, 0.05) is 17.3 Å². The maximum atomic E-state index is 5.35. The van der Waals surface area contributed by atoms with Crippen LogP contribution in [0.15, 0.2) is 53.1 Å². The average Bonchev–Trinajstić information content (AvgIpc) is 2.96. The van der Waals surface area contributed by atoms with E-state index >= 15 is 0 Å². The highest BCUT2D eigenvalue weighted by molar-refractivity contribution is 9.08. The third-order valence-electron chi connectivity index (χ3n) is 3.27. The van der Waals surface area contributed by atoms with Crippen LogP contribution in [0.2, 0.25) is 0 Å². The summed E-state index contributed by atoms with van der Waals surface area (Å²) in [5, 5.41) is 4.91. The molecule has 0 radical (unpaired) electrons. The summed E-state index contributed by atoms with van der Waals surface area (Å²) in [5.41, 5.74) is 4.60. The zero-order valence-corrected chi connectivity index (χ0v) is 13.3. The highest BCUT2D eigenvalue weighted by Gasteiger charge is 2.09. The number of aryl methyl sites for hydroxylation is 1. The number of rotatable bonds is 4. The van der Waals surface area contributed by atoms with E-state index in [9.17, 15) is 0 Å². The maximum absolute atomic E-state index is 5.35. The van der Waals surface area contributed by atoms with Gasteiger partial charge in [-0.1, -0.05) is 63.0 Å². The molecule has 0 saturated carbocycles. The standard InChI is InChI=1S/C17H15BrN2O/c1-12-3-2-4-14(9-12)10-16-19-17(21-20-16)15-7-5-13(11-18)6-8-15/h2-9H,10-11H2,1H3. The molecule has 0 N–H and O–H groups in total. The van der Waals surface area contributed by atoms with E-state index in [1.807, 2.05) is 18.2 Å². The van der Waals surface area contributed by atoms with Gasteiger partial charge < -0.3 is 4.52 Å². The van der Waals surface area contributed by atoms with Crippen molar-refractivity contribution < 1.29 is 4.52 Å². The van der Waals surface area contributed by atoms with Crippen molar-refractivity contribution in [3.05, 3.63) is 71.0 Å². The molecule has 0 fully saturated rings. The molecule has 4 heteroatoms. The summed E-state index contributed by atoms with van der Waals surface area (Å²) in [6, 6.07) is 16.4. The molecule has 3 rings (SSSR count). The van der Waals surface area contributed by atoms with Crippen molar-refractivity contribution in [3.63, 3.8) is 0 Å². The Labute approximate surface area is 132 Å². The van der Waals surface area contributed by atoms with Crippen LogP contribution >= 0.6 is 15.9 Å². The number of hydrogen-bond donors (Lipinski definition) is 0. The molecule has 3 nitrogen and oxygen atoms in total. The highest BCUT2D eigenvalue weighted by atomic mass is 79.9. The minimum absolute atomic E-state index is 0.568. The minimum atomic E-state index is 0.568. The molecule has 3 aromatic rings. The summed E-state index contributed by atoms with van der Waals surface area (Å²) in [5.74, 6) is 1.28. The second-order valence-electron chi connectivity index (χ2n) is 5.01. The van der Waals surface area contributed by atoms with E-state index in [-0.39, 0.29) is 0 Å². The molecule has 2 aromatic carbocycles. The molecule has 0 aliphatic rings. The smallest absolute Gasteiger partial charge is 0.257 e. The van der Waals surface area contributed by atoms with Crippen molar-refractivity contribution in [1.82, 2.24) is 10.1 Å². The van der Waals surface area contributed by atoms with Crippen molar-refractivity contribution in [3.8, 4) is 11.5 Å². The van der Waals surface area contributed by atoms with Crippen LogP contribution in [0.25, 0.3) is 11.5 Å². The van der Waals surface area contributed by atoms with Gasteiger partial charge in [0.05, 0.1) is 0 Å². The molecule has 0 unspecified atom stereocenters. The Morgan fingerprint density at radius 3 is 2.57 bits per heavy atom. The monoisotopic (exact) mass is 342 g/mol. The Bertz CT molecular complexity index is 735. The van der Waals surface area contributed by atoms with Crippen molar-refractivity contribution in [2.24, 2.45) is 0 Å². The second kappa shape index (κ2) is 6.22. The van der Waals surface area contributed by atoms with E-state index in [0.29, 0.717) is 18.1 Å². The van der Waals surface area contributed by atoms with E-state index in [4.69, 9.17) is 4.52 Å². The van der Waals surface area contributed by atoms with Crippen molar-refractivity contribution in [2.75, 3.05) is 0 Å². The molecule has 1 heterocycles. The number of nitrogens with zero attached hydrogens (tertiary/aromatic N) is 2. The quantitative estimate of drug-likeness (QED) is 0.653. The molecule has 0 aliphatic carbocycles. The van der Waals surface area contributed by atoms with Crippen molar-refractivity contribution in [2.45, 2.75) is 18.7 Å². The first-order valence-corrected chi connectivity index (χ1v) is 7.90. The lowest BCUT2D eigenvalue weighted by molar-refractivity contribution is 0.424. The molecular weight excluding hydrogens is 328 g/mol. The van der Waals surface area contributed by atoms with Crippen LogP contribution in [0.4, 0.5) is 0 Å². The Hall–Kier alpha value is -1.94. The molecule has 21 heavy (non-hydrogen) atoms. The summed E-state index contributed by atoms with van der Waals surface area (Å²) in [7, 11) is 0. The Kier molecular flexibility index (Phi) is 4.15. The summed E-state index contributed by atoms with van der Waals surface area (Å²) in [4.78, 5) is 4.47. The third kappa shape index (κ3) is 3.39. The summed E-state index contributed by atoms with van der Waals surface area (Å²) in [6.07, 6.45) is 0.685. The molecule has 106 valence electrons. The van der Waals surface area contributed by atoms with Gasteiger partial charge in [-0.25, -0.2) is 0 Å². The van der Waals surface area contributed by atoms with E-state index < -0.39 is 0 Å². The molecule has 0 atom stereocenters. The van der Waals surface area contributed by atoms with Crippen LogP contribution in [0.5, 0.6) is 0 Å². The predicted molar refractivity (Wildman–Crippen MR) is 86.4 cm³/mol. The fraction of sp³-hybridized carbons (Fsp3) is 0.176. The molecule has 0 spiro atoms. The van der Waals surface area contributed by atoms with Crippen LogP contribution in [0, 0.1) is 6.92 Å². The predicted octanol–water partition coefficient (Wildman–Crippen LogP) is 4.53. The zero-order valence-electron chi connectivity index (χ0n) is 11.7. The topological polar surface area (TPSA) is 38.9 Å². The fourth-order valence-corrected chi connectivity index (χ4v) is 2.56. The number of hydrogen-bond acceptors (Lipinski definition) is 3. The van der Waals surface area contributed by atoms with Gasteiger partial charge in [-0.3, -0.25) is 0 Å². The molecule has 0 bridgehead atoms. The van der Waals surface area contributed by atoms with Gasteiger partial charge in [0.2, 0.25) is 0 Å². The normalized spacial score (nSPS) is 10.8. The van der Waals surface area contributed by atoms with Gasteiger partial charge in [0.1, 0.15) is 0 Å². The average molecular weight is 343 g/mol. The van der Waals surface area contributed by atoms with Crippen LogP contribution in [0.1, 0.15) is 22.5 Å². The fourth-order valence-electron chi connectivity index (χ4n) is 2.18. The van der Waals surface area contributed by atoms with E-state index in [1.54, 1.807) is 0 Å². The van der Waals surface area contributed by atoms with E-state index in [1.165, 1.54) is 16.7 Å². The summed E-state index contributed by atoms with van der Waals surface area (Å²) >= 11 is 3.43. The summed E-state index contributed by atoms with van der Waals surface area (Å²) < 4.78 is 5.35. The number of halogens is 1. The van der Waals surface area contributed by atoms with Gasteiger partial charge in [-0.15, -0.1) is 0 Å².